The lowest BCUT2D eigenvalue weighted by atomic mass is 9.78. The zero-order valence-electron chi connectivity index (χ0n) is 18.0. The maximum atomic E-state index is 13.5. The summed E-state index contributed by atoms with van der Waals surface area (Å²) in [6.45, 7) is 4.20. The van der Waals surface area contributed by atoms with Crippen molar-refractivity contribution in [3.8, 4) is 0 Å². The summed E-state index contributed by atoms with van der Waals surface area (Å²) in [6, 6.07) is 1.88. The lowest BCUT2D eigenvalue weighted by Gasteiger charge is -2.41. The number of aliphatic hydroxyl groups is 1. The number of rotatable bonds is 4. The molecule has 0 unspecified atom stereocenters. The summed E-state index contributed by atoms with van der Waals surface area (Å²) in [5.41, 5.74) is 0.0344. The van der Waals surface area contributed by atoms with Crippen molar-refractivity contribution in [3.05, 3.63) is 17.3 Å². The number of halogens is 1. The van der Waals surface area contributed by atoms with E-state index in [-0.39, 0.29) is 18.1 Å². The van der Waals surface area contributed by atoms with Crippen molar-refractivity contribution >= 4 is 35.1 Å². The number of likely N-dealkylation sites (tertiary alicyclic amines) is 1. The number of carboxylic acid groups (broad SMARTS) is 1. The largest absolute Gasteiger partial charge is 0.465 e. The van der Waals surface area contributed by atoms with Crippen LogP contribution in [-0.4, -0.2) is 70.4 Å². The average molecular weight is 451 g/mol. The van der Waals surface area contributed by atoms with E-state index in [1.54, 1.807) is 13.0 Å². The fourth-order valence-electron chi connectivity index (χ4n) is 5.49. The number of amides is 2. The molecule has 3 heterocycles. The van der Waals surface area contributed by atoms with E-state index in [0.29, 0.717) is 29.6 Å². The number of aliphatic hydroxyl groups excluding tert-OH is 1. The highest BCUT2D eigenvalue weighted by molar-refractivity contribution is 6.33. The smallest absolute Gasteiger partial charge is 0.411 e. The van der Waals surface area contributed by atoms with E-state index >= 15 is 0 Å². The Kier molecular flexibility index (Phi) is 6.30. The predicted octanol–water partition coefficient (Wildman–Crippen LogP) is 3.36. The van der Waals surface area contributed by atoms with Gasteiger partial charge in [0, 0.05) is 32.2 Å². The maximum Gasteiger partial charge on any atom is 0.411 e. The van der Waals surface area contributed by atoms with Gasteiger partial charge in [-0.15, -0.1) is 0 Å². The van der Waals surface area contributed by atoms with Crippen molar-refractivity contribution in [2.24, 2.45) is 5.41 Å². The maximum absolute atomic E-state index is 13.5. The summed E-state index contributed by atoms with van der Waals surface area (Å²) in [4.78, 5) is 34.7. The van der Waals surface area contributed by atoms with Crippen LogP contribution < -0.4 is 9.80 Å². The van der Waals surface area contributed by atoms with Crippen LogP contribution in [-0.2, 0) is 4.79 Å². The van der Waals surface area contributed by atoms with Gasteiger partial charge in [-0.2, -0.15) is 0 Å². The Morgan fingerprint density at radius 2 is 2.03 bits per heavy atom. The first-order valence-corrected chi connectivity index (χ1v) is 11.6. The minimum absolute atomic E-state index is 0.228. The fourth-order valence-corrected chi connectivity index (χ4v) is 5.77. The fraction of sp³-hybridized carbons (Fsp3) is 0.682. The number of hydrogen-bond donors (Lipinski definition) is 2. The van der Waals surface area contributed by atoms with E-state index in [0.717, 1.165) is 58.0 Å². The summed E-state index contributed by atoms with van der Waals surface area (Å²) in [5.74, 6) is 0.840. The third-order valence-corrected chi connectivity index (χ3v) is 7.47. The van der Waals surface area contributed by atoms with Crippen LogP contribution in [0.15, 0.2) is 12.3 Å². The molecule has 170 valence electrons. The van der Waals surface area contributed by atoms with Gasteiger partial charge in [-0.3, -0.25) is 9.69 Å². The topological polar surface area (TPSA) is 97.2 Å². The third-order valence-electron chi connectivity index (χ3n) is 7.20. The highest BCUT2D eigenvalue weighted by atomic mass is 35.5. The summed E-state index contributed by atoms with van der Waals surface area (Å²) >= 11 is 6.52. The Hall–Kier alpha value is -2.06. The molecule has 2 aliphatic heterocycles. The molecule has 2 N–H and O–H groups in total. The van der Waals surface area contributed by atoms with E-state index in [1.165, 1.54) is 11.1 Å². The molecular weight excluding hydrogens is 420 g/mol. The van der Waals surface area contributed by atoms with E-state index < -0.39 is 11.5 Å². The number of carbonyl (C=O) groups excluding carboxylic acids is 1. The molecule has 0 bridgehead atoms. The molecule has 1 aliphatic carbocycles. The molecule has 4 rings (SSSR count). The average Bonchev–Trinajstić information content (AvgIpc) is 3.04. The second-order valence-corrected chi connectivity index (χ2v) is 9.45. The van der Waals surface area contributed by atoms with Crippen LogP contribution in [0.3, 0.4) is 0 Å². The minimum Gasteiger partial charge on any atom is -0.465 e. The molecule has 31 heavy (non-hydrogen) atoms. The molecule has 1 saturated carbocycles. The van der Waals surface area contributed by atoms with Crippen LogP contribution in [0.25, 0.3) is 0 Å². The molecule has 1 atom stereocenters. The molecule has 3 fully saturated rings. The Bertz CT molecular complexity index is 845. The molecular formula is C22H31ClN4O4. The van der Waals surface area contributed by atoms with Gasteiger partial charge in [0.05, 0.1) is 28.4 Å². The van der Waals surface area contributed by atoms with Gasteiger partial charge >= 0.3 is 6.09 Å². The van der Waals surface area contributed by atoms with Gasteiger partial charge in [0.15, 0.2) is 0 Å². The minimum atomic E-state index is -1.04. The highest BCUT2D eigenvalue weighted by Crippen LogP contribution is 2.44. The molecule has 1 aromatic heterocycles. The van der Waals surface area contributed by atoms with Gasteiger partial charge in [-0.05, 0) is 57.9 Å². The second-order valence-electron chi connectivity index (χ2n) is 9.04. The van der Waals surface area contributed by atoms with Gasteiger partial charge in [-0.1, -0.05) is 11.6 Å². The standard InChI is InChI=1S/C22H31ClN4O4/c1-2-26(21(30)31)16-12-18(23)19(24-13-16)25-10-3-8-22(14-25)9-11-27(20(22)29)15-4-6-17(28)7-5-15/h12-13,15,17,28H,2-11,14H2,1H3,(H,30,31)/t15-,17-,22-/m0/s1. The van der Waals surface area contributed by atoms with Gasteiger partial charge < -0.3 is 20.0 Å². The van der Waals surface area contributed by atoms with Crippen LogP contribution in [0.2, 0.25) is 5.02 Å². The number of carbonyl (C=O) groups is 2. The normalized spacial score (nSPS) is 28.9. The Morgan fingerprint density at radius 3 is 2.68 bits per heavy atom. The third kappa shape index (κ3) is 4.20. The van der Waals surface area contributed by atoms with Crippen LogP contribution in [0.5, 0.6) is 0 Å². The van der Waals surface area contributed by atoms with Crippen LogP contribution in [0, 0.1) is 5.41 Å². The zero-order chi connectivity index (χ0) is 22.2. The van der Waals surface area contributed by atoms with Gasteiger partial charge in [-0.25, -0.2) is 9.78 Å². The summed E-state index contributed by atoms with van der Waals surface area (Å²) in [6.07, 6.45) is 6.14. The SMILES string of the molecule is CCN(C(=O)O)c1cnc(N2CCC[C@]3(CCN([C@H]4CC[C@H](O)CC4)C3=O)C2)c(Cl)c1. The number of hydrogen-bond acceptors (Lipinski definition) is 5. The van der Waals surface area contributed by atoms with Crippen LogP contribution >= 0.6 is 11.6 Å². The van der Waals surface area contributed by atoms with Crippen molar-refractivity contribution in [2.45, 2.75) is 64.0 Å². The summed E-state index contributed by atoms with van der Waals surface area (Å²) in [5, 5.41) is 19.5. The molecule has 2 amide bonds. The molecule has 1 spiro atoms. The van der Waals surface area contributed by atoms with E-state index in [4.69, 9.17) is 11.6 Å². The quantitative estimate of drug-likeness (QED) is 0.730. The highest BCUT2D eigenvalue weighted by Gasteiger charge is 2.51. The van der Waals surface area contributed by atoms with Gasteiger partial charge in [0.2, 0.25) is 5.91 Å². The number of pyridine rings is 1. The monoisotopic (exact) mass is 450 g/mol. The summed E-state index contributed by atoms with van der Waals surface area (Å²) < 4.78 is 0. The molecule has 3 aliphatic rings. The summed E-state index contributed by atoms with van der Waals surface area (Å²) in [7, 11) is 0. The Labute approximate surface area is 187 Å². The molecule has 1 aromatic rings. The molecule has 0 radical (unpaired) electrons. The van der Waals surface area contributed by atoms with Gasteiger partial charge in [0.1, 0.15) is 5.82 Å². The van der Waals surface area contributed by atoms with Crippen molar-refractivity contribution in [1.82, 2.24) is 9.88 Å². The van der Waals surface area contributed by atoms with Crippen molar-refractivity contribution < 1.29 is 19.8 Å². The molecule has 0 aromatic carbocycles. The number of piperidine rings is 1. The number of nitrogens with zero attached hydrogens (tertiary/aromatic N) is 4. The molecule has 2 saturated heterocycles. The lowest BCUT2D eigenvalue weighted by molar-refractivity contribution is -0.139. The number of anilines is 2. The van der Waals surface area contributed by atoms with Crippen molar-refractivity contribution in [2.75, 3.05) is 36.0 Å². The first-order valence-electron chi connectivity index (χ1n) is 11.2. The van der Waals surface area contributed by atoms with E-state index in [9.17, 15) is 19.8 Å². The van der Waals surface area contributed by atoms with Gasteiger partial charge in [0.25, 0.3) is 0 Å². The lowest BCUT2D eigenvalue weighted by Crippen LogP contribution is -2.50. The first-order chi connectivity index (χ1) is 14.8. The van der Waals surface area contributed by atoms with E-state index in [1.807, 2.05) is 0 Å². The molecule has 8 nitrogen and oxygen atoms in total. The predicted molar refractivity (Wildman–Crippen MR) is 119 cm³/mol. The van der Waals surface area contributed by atoms with Crippen molar-refractivity contribution in [1.29, 1.82) is 0 Å². The second kappa shape index (κ2) is 8.82. The molecule has 9 heteroatoms. The Balaban J connectivity index is 1.50. The number of aromatic nitrogens is 1. The van der Waals surface area contributed by atoms with Crippen LogP contribution in [0.1, 0.15) is 51.9 Å². The van der Waals surface area contributed by atoms with Crippen molar-refractivity contribution in [3.63, 3.8) is 0 Å². The zero-order valence-corrected chi connectivity index (χ0v) is 18.7. The Morgan fingerprint density at radius 1 is 1.29 bits per heavy atom. The van der Waals surface area contributed by atoms with E-state index in [2.05, 4.69) is 14.8 Å². The first kappa shape index (κ1) is 22.1. The van der Waals surface area contributed by atoms with Crippen LogP contribution in [0.4, 0.5) is 16.3 Å².